The molecule has 0 saturated heterocycles. The van der Waals surface area contributed by atoms with Gasteiger partial charge in [-0.2, -0.15) is 0 Å². The van der Waals surface area contributed by atoms with Gasteiger partial charge < -0.3 is 48.1 Å². The van der Waals surface area contributed by atoms with Crippen LogP contribution in [0.4, 0.5) is 0 Å². The summed E-state index contributed by atoms with van der Waals surface area (Å²) in [4.78, 5) is 90.8. The van der Waals surface area contributed by atoms with E-state index in [0.29, 0.717) is 12.0 Å². The lowest BCUT2D eigenvalue weighted by Gasteiger charge is -2.26. The summed E-state index contributed by atoms with van der Waals surface area (Å²) >= 11 is 0. The maximum atomic E-state index is 13.7. The first-order chi connectivity index (χ1) is 22.2. The molecule has 16 heteroatoms. The van der Waals surface area contributed by atoms with Gasteiger partial charge in [-0.05, 0) is 29.9 Å². The minimum atomic E-state index is -1.61. The van der Waals surface area contributed by atoms with Crippen molar-refractivity contribution in [3.05, 3.63) is 36.0 Å². The summed E-state index contributed by atoms with van der Waals surface area (Å²) in [7, 11) is 0. The Hall–Kier alpha value is -4.99. The van der Waals surface area contributed by atoms with E-state index in [1.165, 1.54) is 0 Å². The number of amides is 6. The number of aromatic nitrogens is 1. The lowest BCUT2D eigenvalue weighted by molar-refractivity contribution is -0.143. The van der Waals surface area contributed by atoms with Gasteiger partial charge in [-0.25, -0.2) is 4.79 Å². The van der Waals surface area contributed by atoms with Gasteiger partial charge in [0.1, 0.15) is 24.2 Å². The second-order valence-electron chi connectivity index (χ2n) is 11.8. The van der Waals surface area contributed by atoms with Crippen molar-refractivity contribution >= 4 is 52.3 Å². The fourth-order valence-corrected chi connectivity index (χ4v) is 4.84. The number of H-pyrrole nitrogens is 1. The Labute approximate surface area is 272 Å². The number of carboxylic acids is 1. The average Bonchev–Trinajstić information content (AvgIpc) is 3.42. The molecule has 0 aliphatic rings. The highest BCUT2D eigenvalue weighted by atomic mass is 16.4. The minimum absolute atomic E-state index is 0.00692. The number of benzene rings is 1. The third-order valence-electron chi connectivity index (χ3n) is 7.53. The van der Waals surface area contributed by atoms with E-state index in [1.54, 1.807) is 27.0 Å². The Morgan fingerprint density at radius 1 is 0.851 bits per heavy atom. The Morgan fingerprint density at radius 3 is 2.09 bits per heavy atom. The fourth-order valence-electron chi connectivity index (χ4n) is 4.84. The number of nitrogens with two attached hydrogens (primary N) is 2. The summed E-state index contributed by atoms with van der Waals surface area (Å²) in [6.07, 6.45) is 1.70. The number of carbonyl (C=O) groups excluding carboxylic acids is 6. The number of para-hydroxylation sites is 1. The molecule has 1 heterocycles. The second kappa shape index (κ2) is 18.2. The molecular formula is C31H46N8O8. The predicted octanol–water partition coefficient (Wildman–Crippen LogP) is -1.22. The number of rotatable bonds is 19. The van der Waals surface area contributed by atoms with E-state index in [4.69, 9.17) is 11.5 Å². The van der Waals surface area contributed by atoms with Crippen LogP contribution in [0.2, 0.25) is 0 Å². The fraction of sp³-hybridized carbons (Fsp3) is 0.516. The third kappa shape index (κ3) is 12.0. The van der Waals surface area contributed by atoms with E-state index in [-0.39, 0.29) is 31.2 Å². The van der Waals surface area contributed by atoms with Gasteiger partial charge in [0.15, 0.2) is 0 Å². The molecule has 0 radical (unpaired) electrons. The number of aromatic amines is 1. The number of primary amides is 1. The van der Waals surface area contributed by atoms with Crippen LogP contribution in [0.3, 0.4) is 0 Å². The standard InChI is InChI=1S/C31H46N8O8/c1-5-17(4)27(39-25(41)13-32)30(45)35-15-26(42)36-22(11-18-14-34-20-9-7-6-8-19(18)20)29(44)37-21(10-16(2)3)28(43)38-23(31(46)47)12-24(33)40/h6-9,14,16-17,21-23,27,34H,5,10-13,15,32H2,1-4H3,(H2,33,40)(H,35,45)(H,36,42)(H,37,44)(H,38,43)(H,39,41)(H,46,47)/t17-,21-,22-,23-,27-/m0/s1. The van der Waals surface area contributed by atoms with E-state index >= 15 is 0 Å². The number of aliphatic carboxylic acids is 1. The molecule has 11 N–H and O–H groups in total. The molecule has 2 aromatic rings. The number of hydrogen-bond acceptors (Lipinski definition) is 8. The van der Waals surface area contributed by atoms with Crippen molar-refractivity contribution < 1.29 is 38.7 Å². The largest absolute Gasteiger partial charge is 0.480 e. The van der Waals surface area contributed by atoms with Crippen LogP contribution in [0.5, 0.6) is 0 Å². The number of carboxylic acid groups (broad SMARTS) is 1. The highest BCUT2D eigenvalue weighted by Crippen LogP contribution is 2.19. The van der Waals surface area contributed by atoms with E-state index < -0.39 is 78.5 Å². The zero-order valence-electron chi connectivity index (χ0n) is 27.1. The number of fused-ring (bicyclic) bond motifs is 1. The molecule has 0 saturated carbocycles. The van der Waals surface area contributed by atoms with Gasteiger partial charge in [-0.3, -0.25) is 28.8 Å². The molecule has 0 bridgehead atoms. The quantitative estimate of drug-likeness (QED) is 0.0874. The van der Waals surface area contributed by atoms with Crippen LogP contribution in [0.15, 0.2) is 30.5 Å². The van der Waals surface area contributed by atoms with Crippen LogP contribution < -0.4 is 38.1 Å². The molecule has 47 heavy (non-hydrogen) atoms. The third-order valence-corrected chi connectivity index (χ3v) is 7.53. The van der Waals surface area contributed by atoms with Gasteiger partial charge in [0.25, 0.3) is 0 Å². The van der Waals surface area contributed by atoms with Gasteiger partial charge in [0.05, 0.1) is 19.5 Å². The molecule has 6 amide bonds. The SMILES string of the molecule is CC[C@H](C)[C@H](NC(=O)CN)C(=O)NCC(=O)N[C@@H](Cc1c[nH]c2ccccc12)C(=O)N[C@@H](CC(C)C)C(=O)N[C@@H](CC(N)=O)C(=O)O. The average molecular weight is 659 g/mol. The molecule has 1 aromatic carbocycles. The lowest BCUT2D eigenvalue weighted by atomic mass is 9.98. The molecule has 0 fully saturated rings. The van der Waals surface area contributed by atoms with Gasteiger partial charge >= 0.3 is 5.97 Å². The summed E-state index contributed by atoms with van der Waals surface area (Å²) in [5, 5.41) is 22.8. The number of nitrogens with one attached hydrogen (secondary N) is 6. The summed E-state index contributed by atoms with van der Waals surface area (Å²) in [5.41, 5.74) is 12.0. The van der Waals surface area contributed by atoms with Gasteiger partial charge in [0.2, 0.25) is 35.4 Å². The Kier molecular flexibility index (Phi) is 14.8. The van der Waals surface area contributed by atoms with Gasteiger partial charge in [0, 0.05) is 23.5 Å². The Bertz CT molecular complexity index is 1440. The van der Waals surface area contributed by atoms with Crippen molar-refractivity contribution in [3.63, 3.8) is 0 Å². The van der Waals surface area contributed by atoms with Crippen LogP contribution in [0.25, 0.3) is 10.9 Å². The smallest absolute Gasteiger partial charge is 0.326 e. The molecule has 0 aliphatic carbocycles. The number of carbonyl (C=O) groups is 7. The molecular weight excluding hydrogens is 612 g/mol. The molecule has 16 nitrogen and oxygen atoms in total. The summed E-state index contributed by atoms with van der Waals surface area (Å²) in [6.45, 7) is 6.35. The van der Waals surface area contributed by atoms with E-state index in [9.17, 15) is 38.7 Å². The maximum absolute atomic E-state index is 13.7. The van der Waals surface area contributed by atoms with Gasteiger partial charge in [-0.15, -0.1) is 0 Å². The molecule has 0 aliphatic heterocycles. The van der Waals surface area contributed by atoms with E-state index in [1.807, 2.05) is 31.2 Å². The van der Waals surface area contributed by atoms with Crippen LogP contribution in [0.1, 0.15) is 52.5 Å². The Balaban J connectivity index is 2.29. The topological polar surface area (TPSA) is 268 Å². The highest BCUT2D eigenvalue weighted by Gasteiger charge is 2.32. The zero-order chi connectivity index (χ0) is 35.3. The monoisotopic (exact) mass is 658 g/mol. The summed E-state index contributed by atoms with van der Waals surface area (Å²) in [5.74, 6) is -6.25. The van der Waals surface area contributed by atoms with Crippen LogP contribution in [0, 0.1) is 11.8 Å². The van der Waals surface area contributed by atoms with Crippen LogP contribution in [-0.2, 0) is 40.0 Å². The van der Waals surface area contributed by atoms with Crippen molar-refractivity contribution in [1.82, 2.24) is 31.6 Å². The molecule has 258 valence electrons. The Morgan fingerprint density at radius 2 is 1.49 bits per heavy atom. The second-order valence-corrected chi connectivity index (χ2v) is 11.8. The summed E-state index contributed by atoms with van der Waals surface area (Å²) < 4.78 is 0. The molecule has 1 aromatic heterocycles. The molecule has 0 spiro atoms. The summed E-state index contributed by atoms with van der Waals surface area (Å²) in [6, 6.07) is 2.33. The number of hydrogen-bond donors (Lipinski definition) is 9. The minimum Gasteiger partial charge on any atom is -0.480 e. The van der Waals surface area contributed by atoms with E-state index in [0.717, 1.165) is 10.9 Å². The molecule has 2 rings (SSSR count). The lowest BCUT2D eigenvalue weighted by Crippen LogP contribution is -2.58. The van der Waals surface area contributed by atoms with Crippen molar-refractivity contribution in [2.45, 2.75) is 77.5 Å². The van der Waals surface area contributed by atoms with Crippen molar-refractivity contribution in [3.8, 4) is 0 Å². The first-order valence-electron chi connectivity index (χ1n) is 15.4. The van der Waals surface area contributed by atoms with Crippen molar-refractivity contribution in [2.75, 3.05) is 13.1 Å². The predicted molar refractivity (Wildman–Crippen MR) is 172 cm³/mol. The maximum Gasteiger partial charge on any atom is 0.326 e. The van der Waals surface area contributed by atoms with Crippen molar-refractivity contribution in [2.24, 2.45) is 23.3 Å². The highest BCUT2D eigenvalue weighted by molar-refractivity contribution is 5.96. The van der Waals surface area contributed by atoms with Crippen LogP contribution in [-0.4, -0.2) is 88.8 Å². The first-order valence-corrected chi connectivity index (χ1v) is 15.4. The molecule has 0 unspecified atom stereocenters. The van der Waals surface area contributed by atoms with Gasteiger partial charge in [-0.1, -0.05) is 52.3 Å². The zero-order valence-corrected chi connectivity index (χ0v) is 27.1. The molecule has 5 atom stereocenters. The normalized spacial score (nSPS) is 14.3. The van der Waals surface area contributed by atoms with Crippen molar-refractivity contribution in [1.29, 1.82) is 0 Å². The van der Waals surface area contributed by atoms with E-state index in [2.05, 4.69) is 31.6 Å². The van der Waals surface area contributed by atoms with Crippen LogP contribution >= 0.6 is 0 Å². The first kappa shape index (κ1) is 38.2.